The van der Waals surface area contributed by atoms with E-state index in [0.717, 1.165) is 32.2 Å². The fourth-order valence-electron chi connectivity index (χ4n) is 2.83. The predicted octanol–water partition coefficient (Wildman–Crippen LogP) is 1.23. The summed E-state index contributed by atoms with van der Waals surface area (Å²) in [7, 11) is 3.65. The molecule has 0 spiro atoms. The van der Waals surface area contributed by atoms with Crippen LogP contribution in [0.3, 0.4) is 0 Å². The van der Waals surface area contributed by atoms with Crippen LogP contribution in [-0.2, 0) is 0 Å². The fraction of sp³-hybridized carbons (Fsp3) is 0.917. The Morgan fingerprint density at radius 2 is 1.62 bits per heavy atom. The number of hydrogen-bond acceptors (Lipinski definition) is 2. The van der Waals surface area contributed by atoms with E-state index in [1.165, 1.54) is 25.7 Å². The van der Waals surface area contributed by atoms with E-state index in [1.54, 1.807) is 4.90 Å². The minimum Gasteiger partial charge on any atom is -0.331 e. The van der Waals surface area contributed by atoms with Crippen LogP contribution in [0.4, 0.5) is 4.79 Å². The van der Waals surface area contributed by atoms with Crippen molar-refractivity contribution in [2.24, 2.45) is 0 Å². The second-order valence-corrected chi connectivity index (χ2v) is 5.14. The Morgan fingerprint density at radius 1 is 1.06 bits per heavy atom. The second kappa shape index (κ2) is 5.04. The average molecular weight is 225 g/mol. The lowest BCUT2D eigenvalue weighted by Gasteiger charge is -2.38. The van der Waals surface area contributed by atoms with Gasteiger partial charge in [-0.15, -0.1) is 0 Å². The molecule has 4 heteroatoms. The lowest BCUT2D eigenvalue weighted by atomic mass is 10.2. The van der Waals surface area contributed by atoms with Gasteiger partial charge < -0.3 is 9.80 Å². The van der Waals surface area contributed by atoms with Crippen molar-refractivity contribution in [1.29, 1.82) is 0 Å². The lowest BCUT2D eigenvalue weighted by molar-refractivity contribution is 0.0990. The first-order valence-electron chi connectivity index (χ1n) is 6.39. The van der Waals surface area contributed by atoms with Gasteiger partial charge in [0.25, 0.3) is 0 Å². The monoisotopic (exact) mass is 225 g/mol. The van der Waals surface area contributed by atoms with Crippen molar-refractivity contribution in [2.75, 3.05) is 40.3 Å². The van der Waals surface area contributed by atoms with Gasteiger partial charge in [-0.05, 0) is 12.8 Å². The summed E-state index contributed by atoms with van der Waals surface area (Å²) in [6.45, 7) is 3.91. The molecule has 2 amide bonds. The molecule has 1 heterocycles. The Bertz CT molecular complexity index is 241. The van der Waals surface area contributed by atoms with Crippen LogP contribution in [0.2, 0.25) is 0 Å². The molecule has 4 nitrogen and oxygen atoms in total. The summed E-state index contributed by atoms with van der Waals surface area (Å²) in [5, 5.41) is 0. The number of urea groups is 1. The first-order chi connectivity index (χ1) is 7.68. The van der Waals surface area contributed by atoms with Crippen molar-refractivity contribution in [3.8, 4) is 0 Å². The Morgan fingerprint density at radius 3 is 2.12 bits per heavy atom. The highest BCUT2D eigenvalue weighted by molar-refractivity contribution is 5.73. The van der Waals surface area contributed by atoms with Crippen LogP contribution in [0, 0.1) is 0 Å². The van der Waals surface area contributed by atoms with E-state index >= 15 is 0 Å². The summed E-state index contributed by atoms with van der Waals surface area (Å²) >= 11 is 0. The quantitative estimate of drug-likeness (QED) is 0.671. The van der Waals surface area contributed by atoms with Crippen molar-refractivity contribution >= 4 is 6.03 Å². The number of piperazine rings is 1. The SMILES string of the molecule is CN(C)C(=O)N1CCN(C2CCCC2)CC1. The maximum absolute atomic E-state index is 11.8. The fourth-order valence-corrected chi connectivity index (χ4v) is 2.83. The molecule has 0 bridgehead atoms. The second-order valence-electron chi connectivity index (χ2n) is 5.14. The van der Waals surface area contributed by atoms with E-state index in [9.17, 15) is 4.79 Å². The number of amides is 2. The molecule has 0 aromatic heterocycles. The molecule has 2 fully saturated rings. The van der Waals surface area contributed by atoms with Crippen LogP contribution in [0.15, 0.2) is 0 Å². The van der Waals surface area contributed by atoms with Gasteiger partial charge in [0.05, 0.1) is 0 Å². The molecule has 0 radical (unpaired) electrons. The van der Waals surface area contributed by atoms with Gasteiger partial charge >= 0.3 is 6.03 Å². The van der Waals surface area contributed by atoms with Crippen molar-refractivity contribution in [3.63, 3.8) is 0 Å². The first-order valence-corrected chi connectivity index (χ1v) is 6.39. The zero-order chi connectivity index (χ0) is 11.5. The number of carbonyl (C=O) groups excluding carboxylic acids is 1. The lowest BCUT2D eigenvalue weighted by Crippen LogP contribution is -2.53. The van der Waals surface area contributed by atoms with Crippen molar-refractivity contribution < 1.29 is 4.79 Å². The largest absolute Gasteiger partial charge is 0.331 e. The zero-order valence-corrected chi connectivity index (χ0v) is 10.5. The predicted molar refractivity (Wildman–Crippen MR) is 64.5 cm³/mol. The van der Waals surface area contributed by atoms with Crippen molar-refractivity contribution in [3.05, 3.63) is 0 Å². The smallest absolute Gasteiger partial charge is 0.319 e. The molecule has 0 unspecified atom stereocenters. The van der Waals surface area contributed by atoms with Gasteiger partial charge in [0.15, 0.2) is 0 Å². The maximum Gasteiger partial charge on any atom is 0.319 e. The number of nitrogens with zero attached hydrogens (tertiary/aromatic N) is 3. The Balaban J connectivity index is 1.80. The van der Waals surface area contributed by atoms with E-state index in [2.05, 4.69) is 4.90 Å². The molecule has 1 saturated carbocycles. The zero-order valence-electron chi connectivity index (χ0n) is 10.5. The van der Waals surface area contributed by atoms with Crippen LogP contribution in [0.5, 0.6) is 0 Å². The van der Waals surface area contributed by atoms with E-state index in [1.807, 2.05) is 19.0 Å². The van der Waals surface area contributed by atoms with Gasteiger partial charge in [0, 0.05) is 46.3 Å². The van der Waals surface area contributed by atoms with Gasteiger partial charge in [-0.1, -0.05) is 12.8 Å². The van der Waals surface area contributed by atoms with Crippen LogP contribution in [0.25, 0.3) is 0 Å². The first kappa shape index (κ1) is 11.7. The average Bonchev–Trinajstić information content (AvgIpc) is 2.81. The van der Waals surface area contributed by atoms with E-state index in [4.69, 9.17) is 0 Å². The third kappa shape index (κ3) is 2.48. The molecular weight excluding hydrogens is 202 g/mol. The van der Waals surface area contributed by atoms with Gasteiger partial charge in [0.1, 0.15) is 0 Å². The van der Waals surface area contributed by atoms with Crippen molar-refractivity contribution in [1.82, 2.24) is 14.7 Å². The molecule has 0 atom stereocenters. The molecule has 0 N–H and O–H groups in total. The van der Waals surface area contributed by atoms with Crippen LogP contribution in [0.1, 0.15) is 25.7 Å². The summed E-state index contributed by atoms with van der Waals surface area (Å²) < 4.78 is 0. The van der Waals surface area contributed by atoms with Crippen LogP contribution < -0.4 is 0 Å². The highest BCUT2D eigenvalue weighted by Crippen LogP contribution is 2.24. The Labute approximate surface area is 98.2 Å². The standard InChI is InChI=1S/C12H23N3O/c1-13(2)12(16)15-9-7-14(8-10-15)11-5-3-4-6-11/h11H,3-10H2,1-2H3. The Kier molecular flexibility index (Phi) is 3.69. The normalized spacial score (nSPS) is 23.8. The molecule has 1 saturated heterocycles. The number of rotatable bonds is 1. The van der Waals surface area contributed by atoms with Crippen LogP contribution >= 0.6 is 0 Å². The van der Waals surface area contributed by atoms with Crippen molar-refractivity contribution in [2.45, 2.75) is 31.7 Å². The van der Waals surface area contributed by atoms with Gasteiger partial charge in [-0.25, -0.2) is 4.79 Å². The van der Waals surface area contributed by atoms with Gasteiger partial charge in [-0.3, -0.25) is 4.90 Å². The molecule has 0 aromatic rings. The number of carbonyl (C=O) groups is 1. The summed E-state index contributed by atoms with van der Waals surface area (Å²) in [5.41, 5.74) is 0. The summed E-state index contributed by atoms with van der Waals surface area (Å²) in [6.07, 6.45) is 5.51. The van der Waals surface area contributed by atoms with Gasteiger partial charge in [-0.2, -0.15) is 0 Å². The summed E-state index contributed by atoms with van der Waals surface area (Å²) in [5.74, 6) is 0. The summed E-state index contributed by atoms with van der Waals surface area (Å²) in [4.78, 5) is 18.0. The molecule has 1 aliphatic carbocycles. The molecule has 2 rings (SSSR count). The molecule has 0 aromatic carbocycles. The van der Waals surface area contributed by atoms with Crippen LogP contribution in [-0.4, -0.2) is 67.0 Å². The molecular formula is C12H23N3O. The number of hydrogen-bond donors (Lipinski definition) is 0. The highest BCUT2D eigenvalue weighted by Gasteiger charge is 2.28. The molecule has 16 heavy (non-hydrogen) atoms. The Hall–Kier alpha value is -0.770. The van der Waals surface area contributed by atoms with E-state index in [0.29, 0.717) is 0 Å². The van der Waals surface area contributed by atoms with E-state index < -0.39 is 0 Å². The topological polar surface area (TPSA) is 26.8 Å². The van der Waals surface area contributed by atoms with Gasteiger partial charge in [0.2, 0.25) is 0 Å². The third-order valence-electron chi connectivity index (χ3n) is 3.81. The third-order valence-corrected chi connectivity index (χ3v) is 3.81. The highest BCUT2D eigenvalue weighted by atomic mass is 16.2. The van der Waals surface area contributed by atoms with E-state index in [-0.39, 0.29) is 6.03 Å². The molecule has 1 aliphatic heterocycles. The minimum atomic E-state index is 0.158. The minimum absolute atomic E-state index is 0.158. The maximum atomic E-state index is 11.8. The summed E-state index contributed by atoms with van der Waals surface area (Å²) in [6, 6.07) is 0.961. The molecule has 2 aliphatic rings. The molecule has 92 valence electrons.